The number of carbonyl (C=O) groups excluding carboxylic acids is 1. The molecule has 2 aromatic carbocycles. The number of sulfonamides is 1. The molecule has 0 bridgehead atoms. The topological polar surface area (TPSA) is 75.3 Å². The van der Waals surface area contributed by atoms with Gasteiger partial charge in [-0.1, -0.05) is 51.5 Å². The Bertz CT molecular complexity index is 880. The highest BCUT2D eigenvalue weighted by Crippen LogP contribution is 2.19. The van der Waals surface area contributed by atoms with Gasteiger partial charge in [0.05, 0.1) is 4.90 Å². The number of hydrogen-bond acceptors (Lipinski definition) is 3. The first-order valence-electron chi connectivity index (χ1n) is 9.10. The maximum absolute atomic E-state index is 12.6. The van der Waals surface area contributed by atoms with Gasteiger partial charge >= 0.3 is 0 Å². The fourth-order valence-electron chi connectivity index (χ4n) is 2.99. The standard InChI is InChI=1S/C21H28N2O3S/c1-14(2)20(15(3)4)22-21(24)17-7-6-8-18(13-17)23-27(25,26)19-11-9-16(5)10-12-19/h6-15,20,23H,1-5H3,(H,22,24). The van der Waals surface area contributed by atoms with E-state index in [0.717, 1.165) is 5.56 Å². The van der Waals surface area contributed by atoms with Gasteiger partial charge in [0, 0.05) is 17.3 Å². The van der Waals surface area contributed by atoms with Gasteiger partial charge in [-0.05, 0) is 49.1 Å². The van der Waals surface area contributed by atoms with E-state index >= 15 is 0 Å². The van der Waals surface area contributed by atoms with Crippen LogP contribution in [0.4, 0.5) is 5.69 Å². The highest BCUT2D eigenvalue weighted by molar-refractivity contribution is 7.92. The van der Waals surface area contributed by atoms with Crippen LogP contribution >= 0.6 is 0 Å². The highest BCUT2D eigenvalue weighted by atomic mass is 32.2. The Labute approximate surface area is 162 Å². The van der Waals surface area contributed by atoms with Crippen molar-refractivity contribution in [3.05, 3.63) is 59.7 Å². The molecule has 0 unspecified atom stereocenters. The first-order chi connectivity index (χ1) is 12.6. The zero-order valence-electron chi connectivity index (χ0n) is 16.5. The predicted molar refractivity (Wildman–Crippen MR) is 109 cm³/mol. The predicted octanol–water partition coefficient (Wildman–Crippen LogP) is 4.21. The molecule has 0 aromatic heterocycles. The molecule has 0 aliphatic carbocycles. The minimum Gasteiger partial charge on any atom is -0.349 e. The maximum atomic E-state index is 12.6. The lowest BCUT2D eigenvalue weighted by atomic mass is 9.93. The molecule has 0 aliphatic heterocycles. The van der Waals surface area contributed by atoms with Crippen molar-refractivity contribution in [1.29, 1.82) is 0 Å². The first kappa shape index (κ1) is 21.0. The van der Waals surface area contributed by atoms with Gasteiger partial charge in [0.25, 0.3) is 15.9 Å². The summed E-state index contributed by atoms with van der Waals surface area (Å²) in [6.45, 7) is 10.2. The molecule has 0 atom stereocenters. The van der Waals surface area contributed by atoms with Gasteiger partial charge in [-0.2, -0.15) is 0 Å². The fraction of sp³-hybridized carbons (Fsp3) is 0.381. The van der Waals surface area contributed by atoms with E-state index in [2.05, 4.69) is 37.7 Å². The van der Waals surface area contributed by atoms with Crippen LogP contribution in [-0.4, -0.2) is 20.4 Å². The Hall–Kier alpha value is -2.34. The summed E-state index contributed by atoms with van der Waals surface area (Å²) in [6, 6.07) is 13.2. The van der Waals surface area contributed by atoms with Gasteiger partial charge in [0.15, 0.2) is 0 Å². The monoisotopic (exact) mass is 388 g/mol. The number of benzene rings is 2. The average Bonchev–Trinajstić information content (AvgIpc) is 2.59. The largest absolute Gasteiger partial charge is 0.349 e. The van der Waals surface area contributed by atoms with Crippen molar-refractivity contribution in [3.63, 3.8) is 0 Å². The molecule has 6 heteroatoms. The Balaban J connectivity index is 2.19. The summed E-state index contributed by atoms with van der Waals surface area (Å²) >= 11 is 0. The molecule has 5 nitrogen and oxygen atoms in total. The molecule has 0 saturated carbocycles. The SMILES string of the molecule is Cc1ccc(S(=O)(=O)Nc2cccc(C(=O)NC(C(C)C)C(C)C)c2)cc1. The van der Waals surface area contributed by atoms with Crippen molar-refractivity contribution in [3.8, 4) is 0 Å². The smallest absolute Gasteiger partial charge is 0.261 e. The number of nitrogens with one attached hydrogen (secondary N) is 2. The first-order valence-corrected chi connectivity index (χ1v) is 10.6. The number of aryl methyl sites for hydroxylation is 1. The van der Waals surface area contributed by atoms with E-state index in [4.69, 9.17) is 0 Å². The molecule has 2 aromatic rings. The number of anilines is 1. The van der Waals surface area contributed by atoms with Crippen LogP contribution in [-0.2, 0) is 10.0 Å². The molecule has 2 N–H and O–H groups in total. The van der Waals surface area contributed by atoms with Crippen LogP contribution in [0, 0.1) is 18.8 Å². The molecule has 0 saturated heterocycles. The van der Waals surface area contributed by atoms with Crippen LogP contribution < -0.4 is 10.0 Å². The van der Waals surface area contributed by atoms with E-state index in [9.17, 15) is 13.2 Å². The molecule has 1 amide bonds. The molecule has 0 heterocycles. The second kappa shape index (κ2) is 8.57. The number of hydrogen-bond donors (Lipinski definition) is 2. The molecule has 0 aliphatic rings. The molecule has 0 spiro atoms. The van der Waals surface area contributed by atoms with E-state index in [1.54, 1.807) is 48.5 Å². The number of amides is 1. The van der Waals surface area contributed by atoms with Gasteiger partial charge in [-0.25, -0.2) is 8.42 Å². The minimum absolute atomic E-state index is 0.0467. The Kier molecular flexibility index (Phi) is 6.65. The van der Waals surface area contributed by atoms with Gasteiger partial charge in [-0.15, -0.1) is 0 Å². The third-order valence-electron chi connectivity index (χ3n) is 4.44. The van der Waals surface area contributed by atoms with Crippen LogP contribution in [0.5, 0.6) is 0 Å². The van der Waals surface area contributed by atoms with Crippen LogP contribution in [0.1, 0.15) is 43.6 Å². The molecule has 0 radical (unpaired) electrons. The molecule has 0 fully saturated rings. The normalized spacial score (nSPS) is 11.9. The Morgan fingerprint density at radius 1 is 0.926 bits per heavy atom. The quantitative estimate of drug-likeness (QED) is 0.746. The molecule has 146 valence electrons. The van der Waals surface area contributed by atoms with Crippen molar-refractivity contribution in [1.82, 2.24) is 5.32 Å². The van der Waals surface area contributed by atoms with E-state index in [1.807, 2.05) is 6.92 Å². The lowest BCUT2D eigenvalue weighted by Crippen LogP contribution is -2.42. The van der Waals surface area contributed by atoms with E-state index < -0.39 is 10.0 Å². The van der Waals surface area contributed by atoms with Gasteiger partial charge in [0.2, 0.25) is 0 Å². The van der Waals surface area contributed by atoms with Gasteiger partial charge in [-0.3, -0.25) is 9.52 Å². The summed E-state index contributed by atoms with van der Waals surface area (Å²) in [5, 5.41) is 3.04. The van der Waals surface area contributed by atoms with Gasteiger partial charge in [0.1, 0.15) is 0 Å². The average molecular weight is 389 g/mol. The number of rotatable bonds is 7. The van der Waals surface area contributed by atoms with Crippen molar-refractivity contribution in [2.24, 2.45) is 11.8 Å². The summed E-state index contributed by atoms with van der Waals surface area (Å²) in [7, 11) is -3.70. The number of carbonyl (C=O) groups is 1. The summed E-state index contributed by atoms with van der Waals surface area (Å²) in [5.74, 6) is 0.396. The Morgan fingerprint density at radius 3 is 2.07 bits per heavy atom. The van der Waals surface area contributed by atoms with Crippen molar-refractivity contribution >= 4 is 21.6 Å². The van der Waals surface area contributed by atoms with Crippen molar-refractivity contribution < 1.29 is 13.2 Å². The molecule has 2 rings (SSSR count). The summed E-state index contributed by atoms with van der Waals surface area (Å²) in [5.41, 5.74) is 1.76. The second-order valence-electron chi connectivity index (χ2n) is 7.49. The van der Waals surface area contributed by atoms with Crippen LogP contribution in [0.2, 0.25) is 0 Å². The zero-order valence-corrected chi connectivity index (χ0v) is 17.3. The lowest BCUT2D eigenvalue weighted by molar-refractivity contribution is 0.0910. The van der Waals surface area contributed by atoms with Crippen molar-refractivity contribution in [2.75, 3.05) is 4.72 Å². The summed E-state index contributed by atoms with van der Waals surface area (Å²) in [4.78, 5) is 12.8. The van der Waals surface area contributed by atoms with E-state index in [0.29, 0.717) is 23.1 Å². The zero-order chi connectivity index (χ0) is 20.2. The summed E-state index contributed by atoms with van der Waals surface area (Å²) < 4.78 is 27.6. The third kappa shape index (κ3) is 5.57. The Morgan fingerprint density at radius 2 is 1.52 bits per heavy atom. The molecular formula is C21H28N2O3S. The van der Waals surface area contributed by atoms with Gasteiger partial charge < -0.3 is 5.32 Å². The van der Waals surface area contributed by atoms with Crippen molar-refractivity contribution in [2.45, 2.75) is 45.6 Å². The third-order valence-corrected chi connectivity index (χ3v) is 5.84. The van der Waals surface area contributed by atoms with Crippen LogP contribution in [0.25, 0.3) is 0 Å². The fourth-order valence-corrected chi connectivity index (χ4v) is 4.04. The molecular weight excluding hydrogens is 360 g/mol. The lowest BCUT2D eigenvalue weighted by Gasteiger charge is -2.26. The highest BCUT2D eigenvalue weighted by Gasteiger charge is 2.21. The molecule has 27 heavy (non-hydrogen) atoms. The van der Waals surface area contributed by atoms with E-state index in [-0.39, 0.29) is 16.8 Å². The van der Waals surface area contributed by atoms with Crippen LogP contribution in [0.15, 0.2) is 53.4 Å². The van der Waals surface area contributed by atoms with Crippen LogP contribution in [0.3, 0.4) is 0 Å². The second-order valence-corrected chi connectivity index (χ2v) is 9.17. The van der Waals surface area contributed by atoms with E-state index in [1.165, 1.54) is 0 Å². The summed E-state index contributed by atoms with van der Waals surface area (Å²) in [6.07, 6.45) is 0. The maximum Gasteiger partial charge on any atom is 0.261 e. The minimum atomic E-state index is -3.70.